The summed E-state index contributed by atoms with van der Waals surface area (Å²) in [5.41, 5.74) is 4.75. The van der Waals surface area contributed by atoms with Crippen molar-refractivity contribution in [3.05, 3.63) is 83.7 Å². The predicted molar refractivity (Wildman–Crippen MR) is 97.0 cm³/mol. The first kappa shape index (κ1) is 15.6. The van der Waals surface area contributed by atoms with Gasteiger partial charge >= 0.3 is 0 Å². The summed E-state index contributed by atoms with van der Waals surface area (Å²) >= 11 is 0. The lowest BCUT2D eigenvalue weighted by Gasteiger charge is -2.06. The molecule has 0 unspecified atom stereocenters. The molecule has 3 nitrogen and oxygen atoms in total. The molecule has 0 amide bonds. The Hall–Kier alpha value is -3.25. The van der Waals surface area contributed by atoms with E-state index >= 15 is 0 Å². The maximum atomic E-state index is 9.45. The molecule has 3 aromatic rings. The third-order valence-corrected chi connectivity index (χ3v) is 3.90. The third-order valence-electron chi connectivity index (χ3n) is 3.90. The minimum atomic E-state index is 0.655. The number of nitrogens with zero attached hydrogens (tertiary/aromatic N) is 2. The highest BCUT2D eigenvalue weighted by Gasteiger charge is 2.06. The van der Waals surface area contributed by atoms with Crippen LogP contribution in [0.3, 0.4) is 0 Å². The van der Waals surface area contributed by atoms with E-state index in [9.17, 15) is 5.26 Å². The van der Waals surface area contributed by atoms with Crippen LogP contribution in [0.25, 0.3) is 17.3 Å². The van der Waals surface area contributed by atoms with Crippen molar-refractivity contribution in [2.45, 2.75) is 6.92 Å². The summed E-state index contributed by atoms with van der Waals surface area (Å²) in [7, 11) is 1.66. The molecule has 0 spiro atoms. The lowest BCUT2D eigenvalue weighted by atomic mass is 10.1. The second kappa shape index (κ2) is 6.89. The smallest absolute Gasteiger partial charge is 0.119 e. The second-order valence-electron chi connectivity index (χ2n) is 5.52. The van der Waals surface area contributed by atoms with E-state index in [4.69, 9.17) is 4.74 Å². The van der Waals surface area contributed by atoms with Crippen LogP contribution in [0, 0.1) is 18.3 Å². The highest BCUT2D eigenvalue weighted by Crippen LogP contribution is 2.22. The molecule has 0 saturated heterocycles. The highest BCUT2D eigenvalue weighted by molar-refractivity contribution is 5.89. The summed E-state index contributed by atoms with van der Waals surface area (Å²) in [6.07, 6.45) is 3.96. The molecule has 2 aromatic carbocycles. The van der Waals surface area contributed by atoms with Crippen LogP contribution in [0.15, 0.2) is 66.9 Å². The molecule has 0 aliphatic carbocycles. The van der Waals surface area contributed by atoms with Crippen molar-refractivity contribution in [1.82, 2.24) is 4.57 Å². The van der Waals surface area contributed by atoms with Gasteiger partial charge in [0.15, 0.2) is 0 Å². The molecule has 3 rings (SSSR count). The Balaban J connectivity index is 1.96. The number of hydrogen-bond acceptors (Lipinski definition) is 2. The van der Waals surface area contributed by atoms with Gasteiger partial charge in [-0.3, -0.25) is 0 Å². The van der Waals surface area contributed by atoms with Crippen molar-refractivity contribution in [3.63, 3.8) is 0 Å². The van der Waals surface area contributed by atoms with Crippen LogP contribution in [0.5, 0.6) is 5.75 Å². The molecule has 0 saturated carbocycles. The largest absolute Gasteiger partial charge is 0.497 e. The zero-order valence-corrected chi connectivity index (χ0v) is 13.7. The minimum absolute atomic E-state index is 0.655. The van der Waals surface area contributed by atoms with Crippen LogP contribution < -0.4 is 4.74 Å². The zero-order valence-electron chi connectivity index (χ0n) is 13.7. The summed E-state index contributed by atoms with van der Waals surface area (Å²) in [5.74, 6) is 0.833. The number of ether oxygens (including phenoxy) is 1. The number of hydrogen-bond donors (Lipinski definition) is 0. The monoisotopic (exact) mass is 314 g/mol. The van der Waals surface area contributed by atoms with E-state index in [0.717, 1.165) is 28.3 Å². The Labute approximate surface area is 142 Å². The Bertz CT molecular complexity index is 897. The van der Waals surface area contributed by atoms with Gasteiger partial charge in [-0.15, -0.1) is 0 Å². The fourth-order valence-corrected chi connectivity index (χ4v) is 2.66. The quantitative estimate of drug-likeness (QED) is 0.645. The number of nitriles is 1. The van der Waals surface area contributed by atoms with Crippen molar-refractivity contribution in [2.75, 3.05) is 7.11 Å². The van der Waals surface area contributed by atoms with Crippen LogP contribution in [-0.2, 0) is 0 Å². The van der Waals surface area contributed by atoms with Gasteiger partial charge in [-0.25, -0.2) is 0 Å². The third kappa shape index (κ3) is 3.23. The van der Waals surface area contributed by atoms with Crippen molar-refractivity contribution in [1.29, 1.82) is 5.26 Å². The van der Waals surface area contributed by atoms with E-state index in [0.29, 0.717) is 5.57 Å². The molecule has 0 aliphatic heterocycles. The SMILES string of the molecule is COc1ccc(-n2cc(/C=C(/C#N)c3ccccc3)cc2C)cc1. The Kier molecular flexibility index (Phi) is 4.49. The average molecular weight is 314 g/mol. The van der Waals surface area contributed by atoms with Gasteiger partial charge in [-0.1, -0.05) is 30.3 Å². The molecule has 0 N–H and O–H groups in total. The lowest BCUT2D eigenvalue weighted by molar-refractivity contribution is 0.414. The van der Waals surface area contributed by atoms with Crippen LogP contribution in [0.2, 0.25) is 0 Å². The van der Waals surface area contributed by atoms with E-state index in [1.165, 1.54) is 0 Å². The molecular weight excluding hydrogens is 296 g/mol. The Morgan fingerprint density at radius 3 is 2.42 bits per heavy atom. The maximum absolute atomic E-state index is 9.45. The first-order valence-electron chi connectivity index (χ1n) is 7.72. The summed E-state index contributed by atoms with van der Waals surface area (Å²) in [6, 6.07) is 22.0. The molecule has 0 fully saturated rings. The van der Waals surface area contributed by atoms with Gasteiger partial charge in [0.2, 0.25) is 0 Å². The standard InChI is InChI=1S/C21H18N2O/c1-16-12-17(13-19(14-22)18-6-4-3-5-7-18)15-23(16)20-8-10-21(24-2)11-9-20/h3-13,15H,1-2H3/b19-13-. The molecular formula is C21H18N2O. The highest BCUT2D eigenvalue weighted by atomic mass is 16.5. The van der Waals surface area contributed by atoms with Crippen molar-refractivity contribution >= 4 is 11.6 Å². The first-order valence-corrected chi connectivity index (χ1v) is 7.72. The van der Waals surface area contributed by atoms with Gasteiger partial charge < -0.3 is 9.30 Å². The Morgan fingerprint density at radius 1 is 1.08 bits per heavy atom. The van der Waals surface area contributed by atoms with Crippen LogP contribution in [-0.4, -0.2) is 11.7 Å². The average Bonchev–Trinajstić information content (AvgIpc) is 3.01. The molecule has 24 heavy (non-hydrogen) atoms. The van der Waals surface area contributed by atoms with Crippen LogP contribution >= 0.6 is 0 Å². The maximum Gasteiger partial charge on any atom is 0.119 e. The van der Waals surface area contributed by atoms with Crippen molar-refractivity contribution in [3.8, 4) is 17.5 Å². The van der Waals surface area contributed by atoms with E-state index in [1.54, 1.807) is 7.11 Å². The first-order chi connectivity index (χ1) is 11.7. The second-order valence-corrected chi connectivity index (χ2v) is 5.52. The molecule has 1 heterocycles. The molecule has 1 aromatic heterocycles. The molecule has 0 bridgehead atoms. The van der Waals surface area contributed by atoms with E-state index in [-0.39, 0.29) is 0 Å². The molecule has 0 atom stereocenters. The molecule has 0 aliphatic rings. The number of allylic oxidation sites excluding steroid dienone is 1. The van der Waals surface area contributed by atoms with Crippen LogP contribution in [0.4, 0.5) is 0 Å². The van der Waals surface area contributed by atoms with E-state index < -0.39 is 0 Å². The van der Waals surface area contributed by atoms with Gasteiger partial charge in [0.05, 0.1) is 18.8 Å². The van der Waals surface area contributed by atoms with Crippen molar-refractivity contribution < 1.29 is 4.74 Å². The molecule has 118 valence electrons. The number of methoxy groups -OCH3 is 1. The number of rotatable bonds is 4. The van der Waals surface area contributed by atoms with Gasteiger partial charge in [0, 0.05) is 17.6 Å². The minimum Gasteiger partial charge on any atom is -0.497 e. The zero-order chi connectivity index (χ0) is 16.9. The topological polar surface area (TPSA) is 38.0 Å². The van der Waals surface area contributed by atoms with E-state index in [1.807, 2.05) is 66.9 Å². The normalized spacial score (nSPS) is 11.1. The van der Waals surface area contributed by atoms with Gasteiger partial charge in [-0.05, 0) is 54.5 Å². The summed E-state index contributed by atoms with van der Waals surface area (Å²) in [6.45, 7) is 2.05. The van der Waals surface area contributed by atoms with Gasteiger partial charge in [0.25, 0.3) is 0 Å². The summed E-state index contributed by atoms with van der Waals surface area (Å²) in [5, 5.41) is 9.45. The summed E-state index contributed by atoms with van der Waals surface area (Å²) in [4.78, 5) is 0. The molecule has 3 heteroatoms. The fourth-order valence-electron chi connectivity index (χ4n) is 2.66. The number of aryl methyl sites for hydroxylation is 1. The van der Waals surface area contributed by atoms with Crippen LogP contribution in [0.1, 0.15) is 16.8 Å². The number of aromatic nitrogens is 1. The van der Waals surface area contributed by atoms with Gasteiger partial charge in [-0.2, -0.15) is 5.26 Å². The lowest BCUT2D eigenvalue weighted by Crippen LogP contribution is -1.94. The predicted octanol–water partition coefficient (Wildman–Crippen LogP) is 4.86. The fraction of sp³-hybridized carbons (Fsp3) is 0.0952. The van der Waals surface area contributed by atoms with Crippen molar-refractivity contribution in [2.24, 2.45) is 0 Å². The van der Waals surface area contributed by atoms with Gasteiger partial charge in [0.1, 0.15) is 5.75 Å². The number of benzene rings is 2. The Morgan fingerprint density at radius 2 is 1.79 bits per heavy atom. The molecule has 0 radical (unpaired) electrons. The van der Waals surface area contributed by atoms with E-state index in [2.05, 4.69) is 23.6 Å². The summed E-state index contributed by atoms with van der Waals surface area (Å²) < 4.78 is 7.30.